The molecule has 55 heavy (non-hydrogen) atoms. The number of ether oxygens (including phenoxy) is 7. The van der Waals surface area contributed by atoms with Crippen LogP contribution in [0.2, 0.25) is 0 Å². The average molecular weight is 770 g/mol. The van der Waals surface area contributed by atoms with E-state index in [2.05, 4.69) is 32.0 Å². The second kappa shape index (κ2) is 16.8. The molecule has 306 valence electrons. The van der Waals surface area contributed by atoms with Crippen LogP contribution in [0.25, 0.3) is 0 Å². The van der Waals surface area contributed by atoms with Gasteiger partial charge in [0, 0.05) is 38.7 Å². The lowest BCUT2D eigenvalue weighted by atomic mass is 9.71. The number of hydrogen-bond donors (Lipinski definition) is 3. The Morgan fingerprint density at radius 1 is 1.02 bits per heavy atom. The van der Waals surface area contributed by atoms with Gasteiger partial charge in [-0.2, -0.15) is 0 Å². The first-order chi connectivity index (χ1) is 26.4. The Morgan fingerprint density at radius 2 is 1.80 bits per heavy atom. The van der Waals surface area contributed by atoms with Crippen molar-refractivity contribution < 1.29 is 53.4 Å². The van der Waals surface area contributed by atoms with Crippen LogP contribution >= 0.6 is 0 Å². The van der Waals surface area contributed by atoms with Gasteiger partial charge in [0.15, 0.2) is 12.1 Å². The summed E-state index contributed by atoms with van der Waals surface area (Å²) in [5, 5.41) is 36.7. The number of carbonyl (C=O) groups is 1. The predicted octanol–water partition coefficient (Wildman–Crippen LogP) is 6.07. The van der Waals surface area contributed by atoms with E-state index in [1.165, 1.54) is 19.3 Å². The molecule has 1 saturated carbocycles. The van der Waals surface area contributed by atoms with E-state index in [-0.39, 0.29) is 30.4 Å². The van der Waals surface area contributed by atoms with Gasteiger partial charge in [0.25, 0.3) is 0 Å². The van der Waals surface area contributed by atoms with Crippen molar-refractivity contribution in [3.8, 4) is 0 Å². The minimum absolute atomic E-state index is 0.0359. The third-order valence-electron chi connectivity index (χ3n) is 13.6. The van der Waals surface area contributed by atoms with Crippen LogP contribution in [0.3, 0.4) is 0 Å². The van der Waals surface area contributed by atoms with Crippen LogP contribution in [0, 0.1) is 23.7 Å². The highest BCUT2D eigenvalue weighted by Gasteiger charge is 2.60. The summed E-state index contributed by atoms with van der Waals surface area (Å²) in [4.78, 5) is 14.4. The molecule has 7 aliphatic rings. The molecule has 1 spiro atoms. The molecule has 0 aromatic heterocycles. The van der Waals surface area contributed by atoms with Crippen molar-refractivity contribution in [3.05, 3.63) is 47.1 Å². The van der Waals surface area contributed by atoms with Crippen LogP contribution in [0.1, 0.15) is 105 Å². The first-order valence-electron chi connectivity index (χ1n) is 20.7. The summed E-state index contributed by atoms with van der Waals surface area (Å²) in [6, 6.07) is 0. The molecule has 4 saturated heterocycles. The maximum absolute atomic E-state index is 14.4. The second-order valence-electron chi connectivity index (χ2n) is 17.4. The fourth-order valence-electron chi connectivity index (χ4n) is 10.4. The van der Waals surface area contributed by atoms with Crippen LogP contribution in [-0.4, -0.2) is 107 Å². The molecule has 12 nitrogen and oxygen atoms in total. The molecule has 7 rings (SSSR count). The Bertz CT molecular complexity index is 1550. The summed E-state index contributed by atoms with van der Waals surface area (Å²) in [5.74, 6) is -1.83. The number of esters is 1. The van der Waals surface area contributed by atoms with E-state index >= 15 is 0 Å². The fraction of sp³-hybridized carbons (Fsp3) is 0.767. The number of carbonyl (C=O) groups excluding carboxylic acids is 1. The zero-order valence-corrected chi connectivity index (χ0v) is 33.4. The van der Waals surface area contributed by atoms with E-state index in [4.69, 9.17) is 33.2 Å². The number of methoxy groups -OCH3 is 1. The van der Waals surface area contributed by atoms with Gasteiger partial charge in [-0.05, 0) is 75.0 Å². The van der Waals surface area contributed by atoms with E-state index < -0.39 is 66.2 Å². The minimum Gasteiger partial charge on any atom is -0.462 e. The third-order valence-corrected chi connectivity index (χ3v) is 13.6. The third kappa shape index (κ3) is 8.17. The molecule has 0 amide bonds. The highest BCUT2D eigenvalue weighted by Crippen LogP contribution is 2.48. The van der Waals surface area contributed by atoms with Crippen molar-refractivity contribution in [1.82, 2.24) is 0 Å². The summed E-state index contributed by atoms with van der Waals surface area (Å²) in [6.07, 6.45) is 14.4. The lowest BCUT2D eigenvalue weighted by Gasteiger charge is -2.51. The van der Waals surface area contributed by atoms with Crippen LogP contribution in [0.5, 0.6) is 0 Å². The lowest BCUT2D eigenvalue weighted by Crippen LogP contribution is -2.57. The summed E-state index contributed by atoms with van der Waals surface area (Å²) in [5.41, 5.74) is 0.362. The fourth-order valence-corrected chi connectivity index (χ4v) is 10.4. The summed E-state index contributed by atoms with van der Waals surface area (Å²) < 4.78 is 45.1. The Balaban J connectivity index is 1.25. The average Bonchev–Trinajstić information content (AvgIpc) is 3.50. The normalized spacial score (nSPS) is 47.9. The maximum atomic E-state index is 14.4. The number of hydrogen-bond acceptors (Lipinski definition) is 12. The van der Waals surface area contributed by atoms with E-state index in [0.717, 1.165) is 24.8 Å². The quantitative estimate of drug-likeness (QED) is 0.132. The Hall–Kier alpha value is -2.42. The van der Waals surface area contributed by atoms with E-state index in [9.17, 15) is 20.2 Å². The Kier molecular flexibility index (Phi) is 12.5. The number of aliphatic hydroxyl groups excluding tert-OH is 1. The number of rotatable bonds is 4. The van der Waals surface area contributed by atoms with Gasteiger partial charge in [0.05, 0.1) is 37.1 Å². The number of fused-ring (bicyclic) bond motifs is 2. The topological polar surface area (TPSA) is 155 Å². The van der Waals surface area contributed by atoms with Gasteiger partial charge in [0.2, 0.25) is 0 Å². The molecule has 14 atom stereocenters. The maximum Gasteiger partial charge on any atom is 0.316 e. The molecule has 2 aliphatic carbocycles. The van der Waals surface area contributed by atoms with Gasteiger partial charge in [-0.25, -0.2) is 0 Å². The van der Waals surface area contributed by atoms with Gasteiger partial charge in [-0.3, -0.25) is 4.79 Å². The highest BCUT2D eigenvalue weighted by molar-refractivity contribution is 6.06. The van der Waals surface area contributed by atoms with Crippen molar-refractivity contribution in [2.24, 2.45) is 28.8 Å². The van der Waals surface area contributed by atoms with Crippen molar-refractivity contribution in [2.75, 3.05) is 13.7 Å². The monoisotopic (exact) mass is 769 g/mol. The molecule has 3 N–H and O–H groups in total. The second-order valence-corrected chi connectivity index (χ2v) is 17.4. The molecule has 2 bridgehead atoms. The van der Waals surface area contributed by atoms with Crippen LogP contribution in [0.4, 0.5) is 0 Å². The van der Waals surface area contributed by atoms with E-state index in [1.807, 2.05) is 19.1 Å². The van der Waals surface area contributed by atoms with Crippen LogP contribution < -0.4 is 0 Å². The predicted molar refractivity (Wildman–Crippen MR) is 203 cm³/mol. The SMILES string of the molecule is CO[C@H]1C[C@@H](O[C@@H]2/C(C)=C/C[C@@H]3C[C@@H](C[C@]4(CC[C@H](C)[C@@H](C5CCCCC5)O4)O3)OC(=O)[C@@H]3C=C(C)/C(=N/O)[C@H]4OC/C(=C\C=C\[C@@H]2C)[C@]43O)O[C@@H](C)[C@H]1O. The molecule has 12 heteroatoms. The Morgan fingerprint density at radius 3 is 2.55 bits per heavy atom. The van der Waals surface area contributed by atoms with Crippen molar-refractivity contribution in [1.29, 1.82) is 0 Å². The largest absolute Gasteiger partial charge is 0.462 e. The number of aliphatic hydroxyl groups is 2. The van der Waals surface area contributed by atoms with E-state index in [0.29, 0.717) is 55.1 Å². The van der Waals surface area contributed by atoms with E-state index in [1.54, 1.807) is 26.2 Å². The van der Waals surface area contributed by atoms with Gasteiger partial charge < -0.3 is 48.6 Å². The molecule has 0 aromatic rings. The first-order valence-corrected chi connectivity index (χ1v) is 20.7. The molecule has 5 aliphatic heterocycles. The van der Waals surface area contributed by atoms with Gasteiger partial charge in [-0.15, -0.1) is 0 Å². The van der Waals surface area contributed by atoms with Crippen molar-refractivity contribution >= 4 is 11.7 Å². The first kappa shape index (κ1) is 40.8. The zero-order valence-electron chi connectivity index (χ0n) is 33.4. The van der Waals surface area contributed by atoms with Crippen molar-refractivity contribution in [2.45, 2.75) is 172 Å². The molecule has 5 fully saturated rings. The summed E-state index contributed by atoms with van der Waals surface area (Å²) >= 11 is 0. The molecule has 0 radical (unpaired) electrons. The number of nitrogens with zero attached hydrogens (tertiary/aromatic N) is 1. The minimum atomic E-state index is -1.83. The van der Waals surface area contributed by atoms with Crippen LogP contribution in [-0.2, 0) is 38.0 Å². The van der Waals surface area contributed by atoms with Gasteiger partial charge in [0.1, 0.15) is 35.5 Å². The smallest absolute Gasteiger partial charge is 0.316 e. The molecule has 0 unspecified atom stereocenters. The van der Waals surface area contributed by atoms with Gasteiger partial charge in [-0.1, -0.05) is 68.6 Å². The molecular formula is C43H63NO11. The molecular weight excluding hydrogens is 706 g/mol. The lowest BCUT2D eigenvalue weighted by molar-refractivity contribution is -0.342. The zero-order chi connectivity index (χ0) is 39.1. The van der Waals surface area contributed by atoms with Crippen LogP contribution in [0.15, 0.2) is 52.3 Å². The van der Waals surface area contributed by atoms with Gasteiger partial charge >= 0.3 is 5.97 Å². The molecule has 0 aromatic carbocycles. The molecule has 5 heterocycles. The number of allylic oxidation sites excluding steroid dienone is 2. The Labute approximate surface area is 325 Å². The summed E-state index contributed by atoms with van der Waals surface area (Å²) in [7, 11) is 1.59. The standard InChI is InChI=1S/C43H63NO11/c1-24-11-10-14-30-23-50-40-36(44-48)27(4)19-33(43(30,40)47)41(46)52-32-20-31(16-15-25(2)38(24)53-35-21-34(49-6)37(45)28(5)51-35)54-42(22-32)18-17-26(3)39(55-42)29-12-8-7-9-13-29/h10-11,14-15,19,24,26,28-29,31-35,37-40,45,47-48H,7-9,12-13,16-18,20-23H2,1-6H3/b11-10+,25-15+,30-14+,44-36-/t24-,26-,28-,31+,32-,33-,34-,35+,37+,38-,39-,40+,42+,43+/m0/s1. The number of oxime groups is 1. The van der Waals surface area contributed by atoms with Crippen molar-refractivity contribution in [3.63, 3.8) is 0 Å². The highest BCUT2D eigenvalue weighted by atomic mass is 16.7. The summed E-state index contributed by atoms with van der Waals surface area (Å²) in [6.45, 7) is 10.0.